The lowest BCUT2D eigenvalue weighted by Gasteiger charge is -2.25. The number of allylic oxidation sites excluding steroid dienone is 1. The molecular weight excluding hydrogens is 230 g/mol. The monoisotopic (exact) mass is 251 g/mol. The Hall–Kier alpha value is -1.30. The number of carbonyl (C=O) groups is 1. The minimum atomic E-state index is -1.60. The number of nitrogens with zero attached hydrogens (tertiary/aromatic N) is 1. The van der Waals surface area contributed by atoms with Gasteiger partial charge in [0.1, 0.15) is 0 Å². The van der Waals surface area contributed by atoms with Crippen molar-refractivity contribution in [1.29, 1.82) is 5.26 Å². The summed E-state index contributed by atoms with van der Waals surface area (Å²) in [6.07, 6.45) is 0.363. The summed E-state index contributed by atoms with van der Waals surface area (Å²) in [5.41, 5.74) is 1.77. The third-order valence-corrected chi connectivity index (χ3v) is 4.79. The van der Waals surface area contributed by atoms with Crippen molar-refractivity contribution in [2.75, 3.05) is 6.61 Å². The Morgan fingerprint density at radius 2 is 2.00 bits per heavy atom. The van der Waals surface area contributed by atoms with Crippen molar-refractivity contribution < 1.29 is 9.53 Å². The quantitative estimate of drug-likeness (QED) is 0.428. The van der Waals surface area contributed by atoms with Gasteiger partial charge in [0, 0.05) is 6.42 Å². The van der Waals surface area contributed by atoms with Gasteiger partial charge in [-0.2, -0.15) is 5.26 Å². The molecule has 0 aliphatic heterocycles. The summed E-state index contributed by atoms with van der Waals surface area (Å²) >= 11 is 0. The highest BCUT2D eigenvalue weighted by atomic mass is 28.3. The third kappa shape index (κ3) is 4.22. The zero-order chi connectivity index (χ0) is 13.7. The van der Waals surface area contributed by atoms with Crippen LogP contribution in [0.5, 0.6) is 0 Å². The summed E-state index contributed by atoms with van der Waals surface area (Å²) in [6.45, 7) is 13.7. The SMILES string of the molecule is C=C=C(CC(C)(C#N)C(=O)OCC)[Si](C)(C)C. The summed E-state index contributed by atoms with van der Waals surface area (Å²) in [6, 6.07) is 2.06. The standard InChI is InChI=1S/C13H21NO2Si/c1-7-11(17(4,5)6)9-13(3,10-14)12(15)16-8-2/h1,8-9H2,2-6H3. The number of esters is 1. The Morgan fingerprint density at radius 1 is 1.47 bits per heavy atom. The van der Waals surface area contributed by atoms with Crippen molar-refractivity contribution in [2.24, 2.45) is 5.41 Å². The van der Waals surface area contributed by atoms with Gasteiger partial charge in [-0.3, -0.25) is 4.79 Å². The second-order valence-corrected chi connectivity index (χ2v) is 10.4. The molecule has 0 aromatic heterocycles. The molecule has 0 fully saturated rings. The fraction of sp³-hybridized carbons (Fsp3) is 0.615. The zero-order valence-corrected chi connectivity index (χ0v) is 12.4. The van der Waals surface area contributed by atoms with Gasteiger partial charge < -0.3 is 4.74 Å². The molecule has 0 saturated carbocycles. The van der Waals surface area contributed by atoms with E-state index in [4.69, 9.17) is 4.74 Å². The van der Waals surface area contributed by atoms with Crippen molar-refractivity contribution >= 4 is 14.0 Å². The lowest BCUT2D eigenvalue weighted by Crippen LogP contribution is -2.34. The van der Waals surface area contributed by atoms with Crippen LogP contribution in [0.3, 0.4) is 0 Å². The third-order valence-electron chi connectivity index (χ3n) is 2.62. The Labute approximate surface area is 105 Å². The molecule has 0 saturated heterocycles. The van der Waals surface area contributed by atoms with Gasteiger partial charge in [0.15, 0.2) is 5.41 Å². The van der Waals surface area contributed by atoms with Crippen molar-refractivity contribution in [3.63, 3.8) is 0 Å². The lowest BCUT2D eigenvalue weighted by atomic mass is 9.88. The molecule has 0 amide bonds. The fourth-order valence-electron chi connectivity index (χ4n) is 1.39. The molecule has 0 heterocycles. The first-order valence-corrected chi connectivity index (χ1v) is 9.19. The van der Waals surface area contributed by atoms with Gasteiger partial charge in [0.2, 0.25) is 0 Å². The molecule has 0 spiro atoms. The fourth-order valence-corrected chi connectivity index (χ4v) is 2.81. The Morgan fingerprint density at radius 3 is 2.29 bits per heavy atom. The molecule has 0 bridgehead atoms. The smallest absolute Gasteiger partial charge is 0.326 e. The normalized spacial score (nSPS) is 14.1. The van der Waals surface area contributed by atoms with Crippen LogP contribution in [0.1, 0.15) is 20.3 Å². The van der Waals surface area contributed by atoms with E-state index in [2.05, 4.69) is 38.0 Å². The second-order valence-electron chi connectivity index (χ2n) is 5.25. The molecule has 0 aromatic rings. The van der Waals surface area contributed by atoms with E-state index >= 15 is 0 Å². The number of hydrogen-bond donors (Lipinski definition) is 0. The van der Waals surface area contributed by atoms with Crippen molar-refractivity contribution in [1.82, 2.24) is 0 Å². The predicted octanol–water partition coefficient (Wildman–Crippen LogP) is 3.06. The van der Waals surface area contributed by atoms with E-state index < -0.39 is 19.5 Å². The first-order chi connectivity index (χ1) is 7.71. The van der Waals surface area contributed by atoms with E-state index in [-0.39, 0.29) is 6.61 Å². The van der Waals surface area contributed by atoms with Gasteiger partial charge in [0.05, 0.1) is 20.7 Å². The van der Waals surface area contributed by atoms with E-state index in [0.29, 0.717) is 6.42 Å². The maximum absolute atomic E-state index is 11.8. The number of hydrogen-bond acceptors (Lipinski definition) is 3. The van der Waals surface area contributed by atoms with E-state index in [1.807, 2.05) is 0 Å². The topological polar surface area (TPSA) is 50.1 Å². The van der Waals surface area contributed by atoms with Crippen LogP contribution in [0.15, 0.2) is 17.5 Å². The van der Waals surface area contributed by atoms with Crippen LogP contribution in [0.4, 0.5) is 0 Å². The number of nitriles is 1. The summed E-state index contributed by atoms with van der Waals surface area (Å²) in [4.78, 5) is 11.8. The van der Waals surface area contributed by atoms with Crippen LogP contribution in [-0.2, 0) is 9.53 Å². The van der Waals surface area contributed by atoms with Gasteiger partial charge in [-0.25, -0.2) is 0 Å². The number of carbonyl (C=O) groups excluding carboxylic acids is 1. The molecule has 0 aromatic carbocycles. The van der Waals surface area contributed by atoms with Gasteiger partial charge >= 0.3 is 5.97 Å². The minimum Gasteiger partial charge on any atom is -0.465 e. The molecule has 4 heteroatoms. The van der Waals surface area contributed by atoms with E-state index in [9.17, 15) is 10.1 Å². The Balaban J connectivity index is 5.13. The molecule has 1 unspecified atom stereocenters. The zero-order valence-electron chi connectivity index (χ0n) is 11.4. The Bertz CT molecular complexity index is 383. The summed E-state index contributed by atoms with van der Waals surface area (Å²) in [5.74, 6) is -0.464. The highest BCUT2D eigenvalue weighted by molar-refractivity contribution is 6.83. The predicted molar refractivity (Wildman–Crippen MR) is 71.0 cm³/mol. The summed E-state index contributed by atoms with van der Waals surface area (Å²) in [5, 5.41) is 10.2. The average Bonchev–Trinajstić information content (AvgIpc) is 2.24. The van der Waals surface area contributed by atoms with E-state index in [1.165, 1.54) is 0 Å². The van der Waals surface area contributed by atoms with Crippen molar-refractivity contribution in [3.8, 4) is 6.07 Å². The first kappa shape index (κ1) is 15.7. The largest absolute Gasteiger partial charge is 0.465 e. The van der Waals surface area contributed by atoms with Crippen molar-refractivity contribution in [2.45, 2.75) is 39.9 Å². The molecule has 0 N–H and O–H groups in total. The van der Waals surface area contributed by atoms with Crippen LogP contribution in [-0.4, -0.2) is 20.7 Å². The van der Waals surface area contributed by atoms with Crippen molar-refractivity contribution in [3.05, 3.63) is 17.5 Å². The maximum Gasteiger partial charge on any atom is 0.326 e. The van der Waals surface area contributed by atoms with E-state index in [0.717, 1.165) is 5.20 Å². The summed E-state index contributed by atoms with van der Waals surface area (Å²) < 4.78 is 4.95. The molecule has 0 rings (SSSR count). The second kappa shape index (κ2) is 5.86. The summed E-state index contributed by atoms with van der Waals surface area (Å²) in [7, 11) is -1.60. The molecule has 0 aliphatic rings. The minimum absolute atomic E-state index is 0.288. The molecule has 0 radical (unpaired) electrons. The molecule has 1 atom stereocenters. The molecular formula is C13H21NO2Si. The molecule has 3 nitrogen and oxygen atoms in total. The number of ether oxygens (including phenoxy) is 1. The molecule has 17 heavy (non-hydrogen) atoms. The average molecular weight is 251 g/mol. The highest BCUT2D eigenvalue weighted by Crippen LogP contribution is 2.30. The lowest BCUT2D eigenvalue weighted by molar-refractivity contribution is -0.151. The van der Waals surface area contributed by atoms with E-state index in [1.54, 1.807) is 13.8 Å². The first-order valence-electron chi connectivity index (χ1n) is 5.69. The number of rotatable bonds is 5. The van der Waals surface area contributed by atoms with Crippen LogP contribution < -0.4 is 0 Å². The van der Waals surface area contributed by atoms with Crippen LogP contribution in [0.2, 0.25) is 19.6 Å². The van der Waals surface area contributed by atoms with Gasteiger partial charge in [-0.1, -0.05) is 26.2 Å². The van der Waals surface area contributed by atoms with Crippen LogP contribution in [0, 0.1) is 16.7 Å². The maximum atomic E-state index is 11.8. The molecule has 0 aliphatic carbocycles. The Kier molecular flexibility index (Phi) is 5.41. The van der Waals surface area contributed by atoms with Crippen LogP contribution >= 0.6 is 0 Å². The van der Waals surface area contributed by atoms with Gasteiger partial charge in [0.25, 0.3) is 0 Å². The van der Waals surface area contributed by atoms with Crippen LogP contribution in [0.25, 0.3) is 0 Å². The highest BCUT2D eigenvalue weighted by Gasteiger charge is 2.38. The van der Waals surface area contributed by atoms with Gasteiger partial charge in [-0.15, -0.1) is 5.73 Å². The molecule has 94 valence electrons. The van der Waals surface area contributed by atoms with Gasteiger partial charge in [-0.05, 0) is 19.0 Å².